The van der Waals surface area contributed by atoms with Crippen LogP contribution < -0.4 is 5.32 Å². The summed E-state index contributed by atoms with van der Waals surface area (Å²) >= 11 is 0. The molecule has 1 aliphatic heterocycles. The number of rotatable bonds is 6. The molecule has 1 atom stereocenters. The van der Waals surface area contributed by atoms with Gasteiger partial charge in [0.05, 0.1) is 18.2 Å². The van der Waals surface area contributed by atoms with E-state index in [9.17, 15) is 0 Å². The fourth-order valence-corrected chi connectivity index (χ4v) is 3.09. The highest BCUT2D eigenvalue weighted by Gasteiger charge is 2.36. The molecule has 1 saturated heterocycles. The normalized spacial score (nSPS) is 25.8. The van der Waals surface area contributed by atoms with Crippen LogP contribution in [0.2, 0.25) is 0 Å². The quantitative estimate of drug-likeness (QED) is 0.860. The molecule has 6 heteroatoms. The molecule has 0 aromatic carbocycles. The molecule has 1 aliphatic carbocycles. The third-order valence-corrected chi connectivity index (χ3v) is 4.79. The zero-order valence-electron chi connectivity index (χ0n) is 12.5. The predicted octanol–water partition coefficient (Wildman–Crippen LogP) is 1.84. The van der Waals surface area contributed by atoms with Gasteiger partial charge in [0, 0.05) is 12.6 Å². The Morgan fingerprint density at radius 2 is 2.10 bits per heavy atom. The van der Waals surface area contributed by atoms with Gasteiger partial charge in [-0.3, -0.25) is 0 Å². The fraction of sp³-hybridized carbons (Fsp3) is 0.929. The van der Waals surface area contributed by atoms with Crippen LogP contribution in [-0.2, 0) is 11.3 Å². The number of nitrogens with one attached hydrogen (secondary N) is 1. The summed E-state index contributed by atoms with van der Waals surface area (Å²) < 4.78 is 8.07. The van der Waals surface area contributed by atoms with E-state index in [1.165, 1.54) is 12.8 Å². The topological polar surface area (TPSA) is 64.9 Å². The molecule has 6 nitrogen and oxygen atoms in total. The van der Waals surface area contributed by atoms with E-state index >= 15 is 0 Å². The SMILES string of the molecule is CCC1(CC)CC(n2nnnc2CNC2CC2)CCO1. The molecule has 0 spiro atoms. The lowest BCUT2D eigenvalue weighted by Crippen LogP contribution is -2.40. The first-order valence-electron chi connectivity index (χ1n) is 7.90. The van der Waals surface area contributed by atoms with E-state index < -0.39 is 0 Å². The molecule has 3 rings (SSSR count). The Balaban J connectivity index is 1.69. The molecule has 0 amide bonds. The first-order chi connectivity index (χ1) is 9.76. The molecule has 2 aliphatic rings. The zero-order valence-corrected chi connectivity index (χ0v) is 12.5. The van der Waals surface area contributed by atoms with Gasteiger partial charge in [-0.25, -0.2) is 4.68 Å². The van der Waals surface area contributed by atoms with E-state index in [2.05, 4.69) is 34.7 Å². The van der Waals surface area contributed by atoms with Gasteiger partial charge in [0.1, 0.15) is 0 Å². The van der Waals surface area contributed by atoms with Crippen molar-refractivity contribution in [2.75, 3.05) is 6.61 Å². The van der Waals surface area contributed by atoms with Crippen LogP contribution in [-0.4, -0.2) is 38.5 Å². The molecular weight excluding hydrogens is 254 g/mol. The van der Waals surface area contributed by atoms with Crippen LogP contribution in [0.15, 0.2) is 0 Å². The highest BCUT2D eigenvalue weighted by atomic mass is 16.5. The first-order valence-corrected chi connectivity index (χ1v) is 7.90. The number of nitrogens with zero attached hydrogens (tertiary/aromatic N) is 4. The van der Waals surface area contributed by atoms with Crippen LogP contribution in [0.25, 0.3) is 0 Å². The van der Waals surface area contributed by atoms with Gasteiger partial charge >= 0.3 is 0 Å². The monoisotopic (exact) mass is 279 g/mol. The molecule has 0 radical (unpaired) electrons. The lowest BCUT2D eigenvalue weighted by Gasteiger charge is -2.40. The standard InChI is InChI=1S/C14H25N5O/c1-3-14(4-2)9-12(7-8-20-14)19-13(16-17-18-19)10-15-11-5-6-11/h11-12,15H,3-10H2,1-2H3. The maximum absolute atomic E-state index is 6.04. The summed E-state index contributed by atoms with van der Waals surface area (Å²) in [4.78, 5) is 0. The second-order valence-corrected chi connectivity index (χ2v) is 6.08. The van der Waals surface area contributed by atoms with Crippen molar-refractivity contribution in [2.45, 2.75) is 76.6 Å². The van der Waals surface area contributed by atoms with Gasteiger partial charge < -0.3 is 10.1 Å². The Kier molecular flexibility index (Phi) is 4.03. The fourth-order valence-electron chi connectivity index (χ4n) is 3.09. The van der Waals surface area contributed by atoms with Crippen LogP contribution >= 0.6 is 0 Å². The molecule has 112 valence electrons. The van der Waals surface area contributed by atoms with Crippen LogP contribution in [0.4, 0.5) is 0 Å². The predicted molar refractivity (Wildman–Crippen MR) is 75.2 cm³/mol. The minimum Gasteiger partial charge on any atom is -0.375 e. The second kappa shape index (κ2) is 5.77. The summed E-state index contributed by atoms with van der Waals surface area (Å²) in [6, 6.07) is 1.05. The van der Waals surface area contributed by atoms with Crippen molar-refractivity contribution in [1.29, 1.82) is 0 Å². The Bertz CT molecular complexity index is 439. The Hall–Kier alpha value is -1.01. The molecule has 1 aromatic rings. The van der Waals surface area contributed by atoms with Gasteiger partial charge in [0.2, 0.25) is 0 Å². The van der Waals surface area contributed by atoms with Crippen molar-refractivity contribution < 1.29 is 4.74 Å². The van der Waals surface area contributed by atoms with Crippen molar-refractivity contribution >= 4 is 0 Å². The summed E-state index contributed by atoms with van der Waals surface area (Å²) in [5.41, 5.74) is 0.00998. The van der Waals surface area contributed by atoms with E-state index in [-0.39, 0.29) is 5.60 Å². The summed E-state index contributed by atoms with van der Waals surface area (Å²) in [5, 5.41) is 15.8. The zero-order chi connectivity index (χ0) is 14.0. The van der Waals surface area contributed by atoms with Gasteiger partial charge in [0.15, 0.2) is 5.82 Å². The molecule has 1 saturated carbocycles. The van der Waals surface area contributed by atoms with Crippen molar-refractivity contribution in [3.05, 3.63) is 5.82 Å². The van der Waals surface area contributed by atoms with Crippen molar-refractivity contribution in [3.63, 3.8) is 0 Å². The van der Waals surface area contributed by atoms with Crippen molar-refractivity contribution in [1.82, 2.24) is 25.5 Å². The largest absolute Gasteiger partial charge is 0.375 e. The number of aromatic nitrogens is 4. The molecule has 2 heterocycles. The van der Waals surface area contributed by atoms with Gasteiger partial charge in [-0.15, -0.1) is 5.10 Å². The molecule has 20 heavy (non-hydrogen) atoms. The maximum Gasteiger partial charge on any atom is 0.165 e. The highest BCUT2D eigenvalue weighted by molar-refractivity contribution is 4.93. The Labute approximate surface area is 120 Å². The lowest BCUT2D eigenvalue weighted by molar-refractivity contribution is -0.101. The Morgan fingerprint density at radius 3 is 2.80 bits per heavy atom. The molecule has 1 aromatic heterocycles. The summed E-state index contributed by atoms with van der Waals surface area (Å²) in [6.45, 7) is 6.00. The minimum atomic E-state index is 0.00998. The molecule has 1 N–H and O–H groups in total. The highest BCUT2D eigenvalue weighted by Crippen LogP contribution is 2.37. The second-order valence-electron chi connectivity index (χ2n) is 6.08. The third kappa shape index (κ3) is 2.86. The third-order valence-electron chi connectivity index (χ3n) is 4.79. The molecule has 2 fully saturated rings. The van der Waals surface area contributed by atoms with E-state index in [1.54, 1.807) is 0 Å². The summed E-state index contributed by atoms with van der Waals surface area (Å²) in [5.74, 6) is 0.963. The number of ether oxygens (including phenoxy) is 1. The molecule has 0 bridgehead atoms. The number of tetrazole rings is 1. The number of hydrogen-bond donors (Lipinski definition) is 1. The minimum absolute atomic E-state index is 0.00998. The maximum atomic E-state index is 6.04. The van der Waals surface area contributed by atoms with E-state index in [0.717, 1.165) is 44.7 Å². The van der Waals surface area contributed by atoms with Crippen LogP contribution in [0.1, 0.15) is 64.2 Å². The van der Waals surface area contributed by atoms with Gasteiger partial charge in [-0.1, -0.05) is 13.8 Å². The summed E-state index contributed by atoms with van der Waals surface area (Å²) in [7, 11) is 0. The average Bonchev–Trinajstić information content (AvgIpc) is 3.21. The smallest absolute Gasteiger partial charge is 0.165 e. The first kappa shape index (κ1) is 13.9. The van der Waals surface area contributed by atoms with Gasteiger partial charge in [-0.05, 0) is 49.0 Å². The van der Waals surface area contributed by atoms with Crippen LogP contribution in [0.3, 0.4) is 0 Å². The van der Waals surface area contributed by atoms with E-state index in [1.807, 2.05) is 4.68 Å². The number of hydrogen-bond acceptors (Lipinski definition) is 5. The Morgan fingerprint density at radius 1 is 1.30 bits per heavy atom. The molecular formula is C14H25N5O. The van der Waals surface area contributed by atoms with E-state index in [0.29, 0.717) is 12.1 Å². The van der Waals surface area contributed by atoms with E-state index in [4.69, 9.17) is 4.74 Å². The molecule has 1 unspecified atom stereocenters. The van der Waals surface area contributed by atoms with Gasteiger partial charge in [-0.2, -0.15) is 0 Å². The average molecular weight is 279 g/mol. The van der Waals surface area contributed by atoms with Crippen LogP contribution in [0.5, 0.6) is 0 Å². The van der Waals surface area contributed by atoms with Crippen molar-refractivity contribution in [2.24, 2.45) is 0 Å². The lowest BCUT2D eigenvalue weighted by atomic mass is 9.86. The van der Waals surface area contributed by atoms with Gasteiger partial charge in [0.25, 0.3) is 0 Å². The summed E-state index contributed by atoms with van der Waals surface area (Å²) in [6.07, 6.45) is 6.70. The van der Waals surface area contributed by atoms with Crippen molar-refractivity contribution in [3.8, 4) is 0 Å². The van der Waals surface area contributed by atoms with Crippen LogP contribution in [0, 0.1) is 0 Å².